The number of nitrogens with zero attached hydrogens (tertiary/aromatic N) is 1. The minimum absolute atomic E-state index is 0.0718. The predicted molar refractivity (Wildman–Crippen MR) is 45.2 cm³/mol. The summed E-state index contributed by atoms with van der Waals surface area (Å²) in [4.78, 5) is 13.1. The number of ketones is 1. The summed E-state index contributed by atoms with van der Waals surface area (Å²) in [5, 5.41) is 0. The highest BCUT2D eigenvalue weighted by molar-refractivity contribution is 5.82. The van der Waals surface area contributed by atoms with E-state index in [9.17, 15) is 4.79 Å². The lowest BCUT2D eigenvalue weighted by molar-refractivity contribution is -0.121. The Morgan fingerprint density at radius 3 is 2.45 bits per heavy atom. The van der Waals surface area contributed by atoms with Crippen molar-refractivity contribution in [2.24, 2.45) is 5.92 Å². The summed E-state index contributed by atoms with van der Waals surface area (Å²) in [5.74, 6) is 0.684. The molecule has 1 fully saturated rings. The molecule has 0 saturated carbocycles. The topological polar surface area (TPSA) is 20.3 Å². The molecule has 0 amide bonds. The predicted octanol–water partition coefficient (Wildman–Crippen LogP) is 1.43. The summed E-state index contributed by atoms with van der Waals surface area (Å²) in [6.45, 7) is 7.64. The molecule has 0 aromatic carbocycles. The van der Waals surface area contributed by atoms with Gasteiger partial charge in [0.15, 0.2) is 5.78 Å². The highest BCUT2D eigenvalue weighted by Gasteiger charge is 2.33. The van der Waals surface area contributed by atoms with Crippen LogP contribution in [-0.2, 0) is 4.79 Å². The molecule has 0 bridgehead atoms. The Morgan fingerprint density at radius 1 is 1.73 bits per heavy atom. The first-order chi connectivity index (χ1) is 5.04. The molecule has 1 heterocycles. The first kappa shape index (κ1) is 8.31. The van der Waals surface area contributed by atoms with E-state index in [0.717, 1.165) is 12.1 Å². The molecule has 0 N–H and O–H groups in total. The number of rotatable bonds is 1. The lowest BCUT2D eigenvalue weighted by Crippen LogP contribution is -2.33. The summed E-state index contributed by atoms with van der Waals surface area (Å²) >= 11 is 0. The SMILES string of the molecule is C=C1CC(C)C(C(C)=O)N1C. The third-order valence-corrected chi connectivity index (χ3v) is 2.43. The van der Waals surface area contributed by atoms with Gasteiger partial charge in [-0.2, -0.15) is 0 Å². The summed E-state index contributed by atoms with van der Waals surface area (Å²) in [6.07, 6.45) is 0.959. The van der Waals surface area contributed by atoms with Gasteiger partial charge < -0.3 is 4.90 Å². The van der Waals surface area contributed by atoms with Crippen molar-refractivity contribution < 1.29 is 4.79 Å². The zero-order valence-electron chi connectivity index (χ0n) is 7.42. The summed E-state index contributed by atoms with van der Waals surface area (Å²) in [5.41, 5.74) is 1.08. The van der Waals surface area contributed by atoms with Gasteiger partial charge in [0.1, 0.15) is 0 Å². The van der Waals surface area contributed by atoms with Crippen LogP contribution in [0.2, 0.25) is 0 Å². The molecule has 2 heteroatoms. The average Bonchev–Trinajstić information content (AvgIpc) is 2.07. The molecule has 2 atom stereocenters. The van der Waals surface area contributed by atoms with Crippen LogP contribution in [-0.4, -0.2) is 23.8 Å². The molecule has 62 valence electrons. The van der Waals surface area contributed by atoms with E-state index in [1.807, 2.05) is 11.9 Å². The van der Waals surface area contributed by atoms with Gasteiger partial charge in [0, 0.05) is 12.7 Å². The Labute approximate surface area is 67.9 Å². The second kappa shape index (κ2) is 2.68. The maximum absolute atomic E-state index is 11.1. The molecular formula is C9H15NO. The third kappa shape index (κ3) is 1.30. The Hall–Kier alpha value is -0.790. The Morgan fingerprint density at radius 2 is 2.27 bits per heavy atom. The van der Waals surface area contributed by atoms with Crippen molar-refractivity contribution in [3.05, 3.63) is 12.3 Å². The van der Waals surface area contributed by atoms with Gasteiger partial charge in [0.05, 0.1) is 6.04 Å². The number of carbonyl (C=O) groups excluding carboxylic acids is 1. The molecule has 2 nitrogen and oxygen atoms in total. The molecule has 0 aromatic heterocycles. The second-order valence-electron chi connectivity index (χ2n) is 3.41. The number of hydrogen-bond acceptors (Lipinski definition) is 2. The van der Waals surface area contributed by atoms with E-state index in [1.165, 1.54) is 0 Å². The van der Waals surface area contributed by atoms with E-state index in [2.05, 4.69) is 13.5 Å². The van der Waals surface area contributed by atoms with Crippen molar-refractivity contribution in [3.8, 4) is 0 Å². The zero-order valence-corrected chi connectivity index (χ0v) is 7.42. The van der Waals surface area contributed by atoms with Crippen molar-refractivity contribution in [1.82, 2.24) is 4.90 Å². The number of hydrogen-bond donors (Lipinski definition) is 0. The molecule has 1 aliphatic rings. The molecular weight excluding hydrogens is 138 g/mol. The molecule has 0 radical (unpaired) electrons. The lowest BCUT2D eigenvalue weighted by Gasteiger charge is -2.21. The molecule has 1 saturated heterocycles. The largest absolute Gasteiger partial charge is 0.368 e. The molecule has 1 aliphatic heterocycles. The minimum Gasteiger partial charge on any atom is -0.368 e. The molecule has 0 aliphatic carbocycles. The molecule has 2 unspecified atom stereocenters. The fraction of sp³-hybridized carbons (Fsp3) is 0.667. The normalized spacial score (nSPS) is 31.2. The van der Waals surface area contributed by atoms with E-state index in [-0.39, 0.29) is 11.8 Å². The van der Waals surface area contributed by atoms with Gasteiger partial charge in [-0.3, -0.25) is 4.79 Å². The van der Waals surface area contributed by atoms with Crippen LogP contribution >= 0.6 is 0 Å². The Balaban J connectivity index is 2.79. The van der Waals surface area contributed by atoms with Gasteiger partial charge >= 0.3 is 0 Å². The fourth-order valence-corrected chi connectivity index (χ4v) is 1.88. The zero-order chi connectivity index (χ0) is 8.59. The molecule has 1 rings (SSSR count). The lowest BCUT2D eigenvalue weighted by atomic mass is 10.00. The molecule has 11 heavy (non-hydrogen) atoms. The van der Waals surface area contributed by atoms with Crippen LogP contribution in [0.25, 0.3) is 0 Å². The van der Waals surface area contributed by atoms with Gasteiger partial charge in [-0.25, -0.2) is 0 Å². The average molecular weight is 153 g/mol. The fourth-order valence-electron chi connectivity index (χ4n) is 1.88. The number of allylic oxidation sites excluding steroid dienone is 1. The van der Waals surface area contributed by atoms with Crippen molar-refractivity contribution in [2.75, 3.05) is 7.05 Å². The van der Waals surface area contributed by atoms with E-state index < -0.39 is 0 Å². The van der Waals surface area contributed by atoms with Crippen LogP contribution in [0.4, 0.5) is 0 Å². The van der Waals surface area contributed by atoms with Gasteiger partial charge in [-0.15, -0.1) is 0 Å². The van der Waals surface area contributed by atoms with Crippen LogP contribution in [0, 0.1) is 5.92 Å². The van der Waals surface area contributed by atoms with Crippen LogP contribution in [0.1, 0.15) is 20.3 Å². The van der Waals surface area contributed by atoms with Crippen LogP contribution in [0.3, 0.4) is 0 Å². The van der Waals surface area contributed by atoms with Crippen molar-refractivity contribution in [1.29, 1.82) is 0 Å². The van der Waals surface area contributed by atoms with E-state index >= 15 is 0 Å². The Bertz CT molecular complexity index is 198. The van der Waals surface area contributed by atoms with Gasteiger partial charge in [0.2, 0.25) is 0 Å². The van der Waals surface area contributed by atoms with E-state index in [1.54, 1.807) is 6.92 Å². The monoisotopic (exact) mass is 153 g/mol. The molecule has 0 spiro atoms. The highest BCUT2D eigenvalue weighted by atomic mass is 16.1. The van der Waals surface area contributed by atoms with E-state index in [0.29, 0.717) is 5.92 Å². The van der Waals surface area contributed by atoms with Gasteiger partial charge in [-0.1, -0.05) is 13.5 Å². The summed E-state index contributed by atoms with van der Waals surface area (Å²) in [6, 6.07) is 0.0718. The third-order valence-electron chi connectivity index (χ3n) is 2.43. The van der Waals surface area contributed by atoms with Gasteiger partial charge in [0.25, 0.3) is 0 Å². The number of Topliss-reactive ketones (excluding diaryl/α,β-unsaturated/α-hetero) is 1. The number of likely N-dealkylation sites (N-methyl/N-ethyl adjacent to an activating group) is 1. The van der Waals surface area contributed by atoms with Crippen LogP contribution < -0.4 is 0 Å². The summed E-state index contributed by atoms with van der Waals surface area (Å²) in [7, 11) is 1.94. The number of likely N-dealkylation sites (tertiary alicyclic amines) is 1. The highest BCUT2D eigenvalue weighted by Crippen LogP contribution is 2.29. The van der Waals surface area contributed by atoms with Crippen molar-refractivity contribution in [3.63, 3.8) is 0 Å². The number of carbonyl (C=O) groups is 1. The Kier molecular flexibility index (Phi) is 2.03. The first-order valence-corrected chi connectivity index (χ1v) is 3.95. The minimum atomic E-state index is 0.0718. The van der Waals surface area contributed by atoms with Crippen molar-refractivity contribution >= 4 is 5.78 Å². The first-order valence-electron chi connectivity index (χ1n) is 3.95. The summed E-state index contributed by atoms with van der Waals surface area (Å²) < 4.78 is 0. The maximum atomic E-state index is 11.1. The standard InChI is InChI=1S/C9H15NO/c1-6-5-7(2)10(4)9(6)8(3)11/h6,9H,2,5H2,1,3-4H3. The van der Waals surface area contributed by atoms with Crippen LogP contribution in [0.5, 0.6) is 0 Å². The van der Waals surface area contributed by atoms with Gasteiger partial charge in [-0.05, 0) is 19.3 Å². The van der Waals surface area contributed by atoms with Crippen LogP contribution in [0.15, 0.2) is 12.3 Å². The smallest absolute Gasteiger partial charge is 0.152 e. The second-order valence-corrected chi connectivity index (χ2v) is 3.41. The quantitative estimate of drug-likeness (QED) is 0.568. The van der Waals surface area contributed by atoms with Crippen molar-refractivity contribution in [2.45, 2.75) is 26.3 Å². The molecule has 0 aromatic rings. The van der Waals surface area contributed by atoms with E-state index in [4.69, 9.17) is 0 Å². The maximum Gasteiger partial charge on any atom is 0.152 e.